The second-order valence-electron chi connectivity index (χ2n) is 4.98. The van der Waals surface area contributed by atoms with Crippen molar-refractivity contribution in [1.82, 2.24) is 5.32 Å². The van der Waals surface area contributed by atoms with Gasteiger partial charge in [-0.2, -0.15) is 0 Å². The average Bonchev–Trinajstić information content (AvgIpc) is 2.42. The molecular weight excluding hydrogens is 253 g/mol. The van der Waals surface area contributed by atoms with Crippen molar-refractivity contribution in [2.24, 2.45) is 0 Å². The second-order valence-corrected chi connectivity index (χ2v) is 4.98. The summed E-state index contributed by atoms with van der Waals surface area (Å²) in [7, 11) is 3.35. The zero-order valence-electron chi connectivity index (χ0n) is 12.3. The first-order valence-corrected chi connectivity index (χ1v) is 6.64. The molecule has 3 heteroatoms. The molecule has 0 aliphatic heterocycles. The molecule has 0 spiro atoms. The number of ether oxygens (including phenoxy) is 1. The number of aryl methyl sites for hydroxylation is 2. The Morgan fingerprint density at radius 3 is 2.40 bits per heavy atom. The molecule has 0 heterocycles. The molecular formula is C17H20FNO. The Morgan fingerprint density at radius 2 is 1.85 bits per heavy atom. The number of nitrogens with one attached hydrogen (secondary N) is 1. The topological polar surface area (TPSA) is 21.3 Å². The van der Waals surface area contributed by atoms with E-state index in [2.05, 4.69) is 37.4 Å². The van der Waals surface area contributed by atoms with Crippen LogP contribution in [0.4, 0.5) is 4.39 Å². The van der Waals surface area contributed by atoms with E-state index in [9.17, 15) is 4.39 Å². The molecule has 1 unspecified atom stereocenters. The molecule has 0 aliphatic carbocycles. The lowest BCUT2D eigenvalue weighted by Crippen LogP contribution is -2.19. The van der Waals surface area contributed by atoms with E-state index >= 15 is 0 Å². The van der Waals surface area contributed by atoms with Crippen molar-refractivity contribution in [3.8, 4) is 5.75 Å². The summed E-state index contributed by atoms with van der Waals surface area (Å²) >= 11 is 0. The van der Waals surface area contributed by atoms with E-state index in [-0.39, 0.29) is 17.6 Å². The molecule has 2 aromatic carbocycles. The van der Waals surface area contributed by atoms with Gasteiger partial charge in [0.1, 0.15) is 0 Å². The number of methoxy groups -OCH3 is 1. The zero-order chi connectivity index (χ0) is 14.7. The maximum Gasteiger partial charge on any atom is 0.165 e. The van der Waals surface area contributed by atoms with Crippen molar-refractivity contribution in [3.05, 3.63) is 64.5 Å². The number of hydrogen-bond donors (Lipinski definition) is 1. The summed E-state index contributed by atoms with van der Waals surface area (Å²) in [6, 6.07) is 11.4. The van der Waals surface area contributed by atoms with Gasteiger partial charge in [-0.1, -0.05) is 29.8 Å². The third-order valence-corrected chi connectivity index (χ3v) is 3.53. The highest BCUT2D eigenvalue weighted by atomic mass is 19.1. The van der Waals surface area contributed by atoms with Crippen molar-refractivity contribution in [2.45, 2.75) is 19.9 Å². The van der Waals surface area contributed by atoms with E-state index in [1.165, 1.54) is 24.3 Å². The third kappa shape index (κ3) is 2.83. The monoisotopic (exact) mass is 273 g/mol. The summed E-state index contributed by atoms with van der Waals surface area (Å²) in [6.07, 6.45) is 0. The zero-order valence-corrected chi connectivity index (χ0v) is 12.3. The fourth-order valence-electron chi connectivity index (χ4n) is 2.51. The van der Waals surface area contributed by atoms with Crippen LogP contribution in [0.1, 0.15) is 28.3 Å². The van der Waals surface area contributed by atoms with Crippen LogP contribution in [0.15, 0.2) is 36.4 Å². The number of hydrogen-bond acceptors (Lipinski definition) is 2. The first-order valence-electron chi connectivity index (χ1n) is 6.64. The van der Waals surface area contributed by atoms with Gasteiger partial charge in [-0.05, 0) is 49.7 Å². The van der Waals surface area contributed by atoms with Gasteiger partial charge in [0.05, 0.1) is 13.2 Å². The molecule has 2 aromatic rings. The van der Waals surface area contributed by atoms with Crippen LogP contribution < -0.4 is 10.1 Å². The van der Waals surface area contributed by atoms with Gasteiger partial charge in [0.2, 0.25) is 0 Å². The Kier molecular flexibility index (Phi) is 4.40. The van der Waals surface area contributed by atoms with Crippen molar-refractivity contribution in [1.29, 1.82) is 0 Å². The predicted octanol–water partition coefficient (Wildman–Crippen LogP) is 3.76. The van der Waals surface area contributed by atoms with Crippen molar-refractivity contribution < 1.29 is 9.13 Å². The maximum atomic E-state index is 13.9. The molecule has 0 fully saturated rings. The lowest BCUT2D eigenvalue weighted by Gasteiger charge is -2.20. The van der Waals surface area contributed by atoms with Gasteiger partial charge in [-0.15, -0.1) is 0 Å². The van der Waals surface area contributed by atoms with Crippen LogP contribution >= 0.6 is 0 Å². The molecule has 0 aliphatic rings. The minimum Gasteiger partial charge on any atom is -0.494 e. The van der Waals surface area contributed by atoms with E-state index in [1.807, 2.05) is 13.1 Å². The van der Waals surface area contributed by atoms with Crippen molar-refractivity contribution in [3.63, 3.8) is 0 Å². The van der Waals surface area contributed by atoms with Crippen LogP contribution in [-0.4, -0.2) is 14.2 Å². The third-order valence-electron chi connectivity index (χ3n) is 3.53. The fraction of sp³-hybridized carbons (Fsp3) is 0.294. The molecule has 0 amide bonds. The Morgan fingerprint density at radius 1 is 1.10 bits per heavy atom. The van der Waals surface area contributed by atoms with E-state index in [1.54, 1.807) is 6.07 Å². The maximum absolute atomic E-state index is 13.9. The largest absolute Gasteiger partial charge is 0.494 e. The second kappa shape index (κ2) is 6.06. The van der Waals surface area contributed by atoms with Crippen LogP contribution in [0.5, 0.6) is 5.75 Å². The number of rotatable bonds is 4. The molecule has 0 saturated heterocycles. The molecule has 0 aromatic heterocycles. The molecule has 0 radical (unpaired) electrons. The quantitative estimate of drug-likeness (QED) is 0.915. The van der Waals surface area contributed by atoms with Gasteiger partial charge in [0.25, 0.3) is 0 Å². The number of benzene rings is 2. The predicted molar refractivity (Wildman–Crippen MR) is 79.8 cm³/mol. The van der Waals surface area contributed by atoms with Crippen LogP contribution in [0.25, 0.3) is 0 Å². The summed E-state index contributed by atoms with van der Waals surface area (Å²) in [5, 5.41) is 3.25. The SMILES string of the molecule is CNC(c1ccc(OC)c(F)c1)c1ccc(C)cc1C. The van der Waals surface area contributed by atoms with E-state index < -0.39 is 0 Å². The van der Waals surface area contributed by atoms with Gasteiger partial charge in [-0.3, -0.25) is 0 Å². The Bertz CT molecular complexity index is 610. The summed E-state index contributed by atoms with van der Waals surface area (Å²) < 4.78 is 18.8. The molecule has 2 nitrogen and oxygen atoms in total. The van der Waals surface area contributed by atoms with Crippen LogP contribution in [-0.2, 0) is 0 Å². The normalized spacial score (nSPS) is 12.2. The Hall–Kier alpha value is -1.87. The Balaban J connectivity index is 2.44. The standard InChI is InChI=1S/C17H20FNO/c1-11-5-7-14(12(2)9-11)17(19-3)13-6-8-16(20-4)15(18)10-13/h5-10,17,19H,1-4H3. The lowest BCUT2D eigenvalue weighted by molar-refractivity contribution is 0.386. The molecule has 0 saturated carbocycles. The van der Waals surface area contributed by atoms with Gasteiger partial charge in [0, 0.05) is 0 Å². The highest BCUT2D eigenvalue weighted by molar-refractivity contribution is 5.40. The molecule has 20 heavy (non-hydrogen) atoms. The minimum atomic E-state index is -0.338. The smallest absolute Gasteiger partial charge is 0.165 e. The molecule has 2 rings (SSSR count). The fourth-order valence-corrected chi connectivity index (χ4v) is 2.51. The van der Waals surface area contributed by atoms with Crippen LogP contribution in [0.3, 0.4) is 0 Å². The first-order chi connectivity index (χ1) is 9.56. The highest BCUT2D eigenvalue weighted by Crippen LogP contribution is 2.28. The van der Waals surface area contributed by atoms with E-state index in [4.69, 9.17) is 4.74 Å². The molecule has 106 valence electrons. The minimum absolute atomic E-state index is 0.0315. The van der Waals surface area contributed by atoms with Gasteiger partial charge >= 0.3 is 0 Å². The summed E-state index contributed by atoms with van der Waals surface area (Å²) in [5.41, 5.74) is 4.46. The van der Waals surface area contributed by atoms with Gasteiger partial charge in [0.15, 0.2) is 11.6 Å². The highest BCUT2D eigenvalue weighted by Gasteiger charge is 2.16. The van der Waals surface area contributed by atoms with E-state index in [0.717, 1.165) is 11.1 Å². The van der Waals surface area contributed by atoms with Crippen molar-refractivity contribution >= 4 is 0 Å². The molecule has 1 atom stereocenters. The molecule has 1 N–H and O–H groups in total. The van der Waals surface area contributed by atoms with Crippen molar-refractivity contribution in [2.75, 3.05) is 14.2 Å². The number of halogens is 1. The molecule has 0 bridgehead atoms. The summed E-state index contributed by atoms with van der Waals surface area (Å²) in [4.78, 5) is 0. The van der Waals surface area contributed by atoms with Gasteiger partial charge < -0.3 is 10.1 Å². The summed E-state index contributed by atoms with van der Waals surface area (Å²) in [5.74, 6) is -0.0701. The van der Waals surface area contributed by atoms with Crippen LogP contribution in [0.2, 0.25) is 0 Å². The first kappa shape index (κ1) is 14.5. The van der Waals surface area contributed by atoms with Gasteiger partial charge in [-0.25, -0.2) is 4.39 Å². The van der Waals surface area contributed by atoms with E-state index in [0.29, 0.717) is 0 Å². The average molecular weight is 273 g/mol. The van der Waals surface area contributed by atoms with Crippen LogP contribution in [0, 0.1) is 19.7 Å². The lowest BCUT2D eigenvalue weighted by atomic mass is 9.94. The summed E-state index contributed by atoms with van der Waals surface area (Å²) in [6.45, 7) is 4.14. The Labute approximate surface area is 119 Å².